The Bertz CT molecular complexity index is 366. The second kappa shape index (κ2) is 6.93. The number of ether oxygens (including phenoxy) is 1. The van der Waals surface area contributed by atoms with Gasteiger partial charge in [-0.2, -0.15) is 0 Å². The van der Waals surface area contributed by atoms with Gasteiger partial charge in [-0.25, -0.2) is 0 Å². The first-order valence-electron chi connectivity index (χ1n) is 5.57. The molecular weight excluding hydrogens is 216 g/mol. The molecule has 3 N–H and O–H groups in total. The third-order valence-corrected chi connectivity index (χ3v) is 2.55. The highest BCUT2D eigenvalue weighted by Gasteiger charge is 2.07. The number of aliphatic hydroxyl groups excluding tert-OH is 1. The van der Waals surface area contributed by atoms with Crippen LogP contribution in [0.3, 0.4) is 0 Å². The van der Waals surface area contributed by atoms with Gasteiger partial charge in [0.25, 0.3) is 0 Å². The zero-order chi connectivity index (χ0) is 12.7. The number of nitrogen functional groups attached to an aromatic ring is 1. The highest BCUT2D eigenvalue weighted by Crippen LogP contribution is 2.20. The van der Waals surface area contributed by atoms with Crippen LogP contribution in [-0.2, 0) is 6.54 Å². The molecule has 1 aromatic rings. The van der Waals surface area contributed by atoms with Crippen molar-refractivity contribution >= 4 is 5.69 Å². The molecule has 0 spiro atoms. The van der Waals surface area contributed by atoms with Gasteiger partial charge < -0.3 is 15.6 Å². The highest BCUT2D eigenvalue weighted by atomic mass is 16.5. The normalized spacial score (nSPS) is 10.5. The van der Waals surface area contributed by atoms with Crippen LogP contribution in [0.2, 0.25) is 0 Å². The molecule has 0 fully saturated rings. The molecule has 0 saturated carbocycles. The molecule has 1 rings (SSSR count). The Balaban J connectivity index is 2.74. The van der Waals surface area contributed by atoms with Gasteiger partial charge in [-0.15, -0.1) is 6.58 Å². The van der Waals surface area contributed by atoms with E-state index in [9.17, 15) is 0 Å². The van der Waals surface area contributed by atoms with Crippen LogP contribution in [0.4, 0.5) is 5.69 Å². The summed E-state index contributed by atoms with van der Waals surface area (Å²) in [6.45, 7) is 5.86. The van der Waals surface area contributed by atoms with Gasteiger partial charge in [0, 0.05) is 31.4 Å². The van der Waals surface area contributed by atoms with Crippen LogP contribution < -0.4 is 10.5 Å². The molecule has 4 nitrogen and oxygen atoms in total. The first-order chi connectivity index (χ1) is 8.21. The lowest BCUT2D eigenvalue weighted by Crippen LogP contribution is -2.26. The summed E-state index contributed by atoms with van der Waals surface area (Å²) >= 11 is 0. The van der Waals surface area contributed by atoms with E-state index in [1.54, 1.807) is 13.2 Å². The van der Waals surface area contributed by atoms with Crippen molar-refractivity contribution in [2.45, 2.75) is 6.54 Å². The van der Waals surface area contributed by atoms with Crippen molar-refractivity contribution in [3.05, 3.63) is 36.4 Å². The number of hydrogen-bond donors (Lipinski definition) is 2. The molecule has 4 heteroatoms. The fourth-order valence-corrected chi connectivity index (χ4v) is 1.64. The van der Waals surface area contributed by atoms with Gasteiger partial charge >= 0.3 is 0 Å². The summed E-state index contributed by atoms with van der Waals surface area (Å²) in [6.07, 6.45) is 1.81. The SMILES string of the molecule is C=CCN(CCO)Cc1ccc(OC)cc1N. The highest BCUT2D eigenvalue weighted by molar-refractivity contribution is 5.51. The number of nitrogens with two attached hydrogens (primary N) is 1. The molecule has 0 radical (unpaired) electrons. The second-order valence-corrected chi connectivity index (χ2v) is 3.81. The summed E-state index contributed by atoms with van der Waals surface area (Å²) in [6, 6.07) is 5.64. The predicted octanol–water partition coefficient (Wildman–Crippen LogP) is 1.26. The molecule has 17 heavy (non-hydrogen) atoms. The number of aliphatic hydroxyl groups is 1. The number of nitrogens with zero attached hydrogens (tertiary/aromatic N) is 1. The van der Waals surface area contributed by atoms with Crippen LogP contribution >= 0.6 is 0 Å². The van der Waals surface area contributed by atoms with E-state index < -0.39 is 0 Å². The Hall–Kier alpha value is -1.52. The summed E-state index contributed by atoms with van der Waals surface area (Å²) in [5, 5.41) is 8.97. The van der Waals surface area contributed by atoms with Crippen molar-refractivity contribution in [1.29, 1.82) is 0 Å². The zero-order valence-corrected chi connectivity index (χ0v) is 10.2. The zero-order valence-electron chi connectivity index (χ0n) is 10.2. The van der Waals surface area contributed by atoms with E-state index in [4.69, 9.17) is 15.6 Å². The topological polar surface area (TPSA) is 58.7 Å². The minimum atomic E-state index is 0.129. The molecule has 0 bridgehead atoms. The average Bonchev–Trinajstić information content (AvgIpc) is 2.32. The van der Waals surface area contributed by atoms with Crippen molar-refractivity contribution in [3.8, 4) is 5.75 Å². The Morgan fingerprint density at radius 2 is 2.29 bits per heavy atom. The van der Waals surface area contributed by atoms with Crippen molar-refractivity contribution < 1.29 is 9.84 Å². The Kier molecular flexibility index (Phi) is 5.52. The van der Waals surface area contributed by atoms with Crippen molar-refractivity contribution in [2.75, 3.05) is 32.5 Å². The first-order valence-corrected chi connectivity index (χ1v) is 5.57. The van der Waals surface area contributed by atoms with E-state index in [0.717, 1.165) is 17.9 Å². The fourth-order valence-electron chi connectivity index (χ4n) is 1.64. The molecule has 0 aromatic heterocycles. The smallest absolute Gasteiger partial charge is 0.120 e. The quantitative estimate of drug-likeness (QED) is 0.552. The average molecular weight is 236 g/mol. The Labute approximate surface area is 102 Å². The summed E-state index contributed by atoms with van der Waals surface area (Å²) in [5.74, 6) is 0.753. The summed E-state index contributed by atoms with van der Waals surface area (Å²) in [4.78, 5) is 2.07. The van der Waals surface area contributed by atoms with E-state index in [-0.39, 0.29) is 6.61 Å². The van der Waals surface area contributed by atoms with Crippen molar-refractivity contribution in [1.82, 2.24) is 4.90 Å². The molecule has 0 aliphatic rings. The Morgan fingerprint density at radius 1 is 1.53 bits per heavy atom. The maximum absolute atomic E-state index is 8.97. The summed E-state index contributed by atoms with van der Waals surface area (Å²) in [7, 11) is 1.62. The third kappa shape index (κ3) is 4.09. The van der Waals surface area contributed by atoms with Crippen molar-refractivity contribution in [2.24, 2.45) is 0 Å². The lowest BCUT2D eigenvalue weighted by atomic mass is 10.1. The molecule has 0 aliphatic carbocycles. The van der Waals surface area contributed by atoms with Gasteiger partial charge in [0.2, 0.25) is 0 Å². The lowest BCUT2D eigenvalue weighted by molar-refractivity contribution is 0.203. The standard InChI is InChI=1S/C13H20N2O2/c1-3-6-15(7-8-16)10-11-4-5-12(17-2)9-13(11)14/h3-5,9,16H,1,6-8,10,14H2,2H3. The molecule has 0 saturated heterocycles. The van der Waals surface area contributed by atoms with Crippen LogP contribution in [0, 0.1) is 0 Å². The monoisotopic (exact) mass is 236 g/mol. The van der Waals surface area contributed by atoms with Gasteiger partial charge in [-0.05, 0) is 11.6 Å². The summed E-state index contributed by atoms with van der Waals surface area (Å²) < 4.78 is 5.10. The van der Waals surface area contributed by atoms with Gasteiger partial charge in [0.15, 0.2) is 0 Å². The van der Waals surface area contributed by atoms with Crippen LogP contribution in [0.25, 0.3) is 0 Å². The van der Waals surface area contributed by atoms with Gasteiger partial charge in [0.05, 0.1) is 13.7 Å². The van der Waals surface area contributed by atoms with E-state index in [2.05, 4.69) is 11.5 Å². The van der Waals surface area contributed by atoms with E-state index in [1.165, 1.54) is 0 Å². The van der Waals surface area contributed by atoms with Gasteiger partial charge in [-0.1, -0.05) is 12.1 Å². The number of methoxy groups -OCH3 is 1. The number of benzene rings is 1. The van der Waals surface area contributed by atoms with Crippen LogP contribution in [-0.4, -0.2) is 36.8 Å². The second-order valence-electron chi connectivity index (χ2n) is 3.81. The van der Waals surface area contributed by atoms with E-state index >= 15 is 0 Å². The van der Waals surface area contributed by atoms with E-state index in [0.29, 0.717) is 18.8 Å². The molecule has 1 aromatic carbocycles. The molecule has 0 unspecified atom stereocenters. The maximum atomic E-state index is 8.97. The molecule has 0 aliphatic heterocycles. The largest absolute Gasteiger partial charge is 0.497 e. The predicted molar refractivity (Wildman–Crippen MR) is 70.0 cm³/mol. The number of rotatable bonds is 7. The minimum absolute atomic E-state index is 0.129. The summed E-state index contributed by atoms with van der Waals surface area (Å²) in [5.41, 5.74) is 7.68. The number of anilines is 1. The molecule has 0 atom stereocenters. The van der Waals surface area contributed by atoms with Crippen LogP contribution in [0.15, 0.2) is 30.9 Å². The van der Waals surface area contributed by atoms with Crippen LogP contribution in [0.1, 0.15) is 5.56 Å². The minimum Gasteiger partial charge on any atom is -0.497 e. The molecule has 0 amide bonds. The van der Waals surface area contributed by atoms with E-state index in [1.807, 2.05) is 18.2 Å². The Morgan fingerprint density at radius 3 is 2.82 bits per heavy atom. The fraction of sp³-hybridized carbons (Fsp3) is 0.385. The van der Waals surface area contributed by atoms with Gasteiger partial charge in [0.1, 0.15) is 5.75 Å². The molecule has 94 valence electrons. The maximum Gasteiger partial charge on any atom is 0.120 e. The third-order valence-electron chi connectivity index (χ3n) is 2.55. The first kappa shape index (κ1) is 13.5. The molecular formula is C13H20N2O2. The number of hydrogen-bond acceptors (Lipinski definition) is 4. The molecule has 0 heterocycles. The van der Waals surface area contributed by atoms with Crippen LogP contribution in [0.5, 0.6) is 5.75 Å². The van der Waals surface area contributed by atoms with Gasteiger partial charge in [-0.3, -0.25) is 4.90 Å². The lowest BCUT2D eigenvalue weighted by Gasteiger charge is -2.20. The van der Waals surface area contributed by atoms with Crippen molar-refractivity contribution in [3.63, 3.8) is 0 Å².